The number of anilines is 1. The van der Waals surface area contributed by atoms with Crippen molar-refractivity contribution in [3.05, 3.63) is 59.7 Å². The molecule has 1 fully saturated rings. The Morgan fingerprint density at radius 3 is 2.45 bits per heavy atom. The van der Waals surface area contributed by atoms with Crippen LogP contribution in [-0.2, 0) is 27.3 Å². The second-order valence-electron chi connectivity index (χ2n) is 8.04. The van der Waals surface area contributed by atoms with Gasteiger partial charge in [0, 0.05) is 26.4 Å². The Morgan fingerprint density at radius 1 is 1.09 bits per heavy atom. The number of ether oxygens (including phenoxy) is 1. The second-order valence-corrected chi connectivity index (χ2v) is 8.04. The zero-order valence-electron chi connectivity index (χ0n) is 18.5. The fourth-order valence-electron chi connectivity index (χ4n) is 4.30. The molecule has 0 aliphatic carbocycles. The molecular formula is C24H26N4O5. The molecule has 0 saturated carbocycles. The van der Waals surface area contributed by atoms with Crippen molar-refractivity contribution in [1.29, 1.82) is 0 Å². The van der Waals surface area contributed by atoms with Gasteiger partial charge in [-0.15, -0.1) is 0 Å². The molecule has 0 aromatic heterocycles. The first-order valence-corrected chi connectivity index (χ1v) is 10.8. The molecule has 2 atom stereocenters. The average Bonchev–Trinajstić information content (AvgIpc) is 3.13. The van der Waals surface area contributed by atoms with Gasteiger partial charge in [-0.3, -0.25) is 14.4 Å². The maximum absolute atomic E-state index is 13.1. The first kappa shape index (κ1) is 22.3. The van der Waals surface area contributed by atoms with Crippen LogP contribution in [0.2, 0.25) is 0 Å². The van der Waals surface area contributed by atoms with Gasteiger partial charge in [-0.05, 0) is 41.8 Å². The third-order valence-electron chi connectivity index (χ3n) is 6.11. The number of methoxy groups -OCH3 is 1. The number of hydrogen-bond acceptors (Lipinski definition) is 5. The highest BCUT2D eigenvalue weighted by atomic mass is 16.5. The van der Waals surface area contributed by atoms with Crippen molar-refractivity contribution in [1.82, 2.24) is 15.5 Å². The lowest BCUT2D eigenvalue weighted by Crippen LogP contribution is -2.52. The van der Waals surface area contributed by atoms with Crippen molar-refractivity contribution in [2.45, 2.75) is 37.9 Å². The zero-order valence-corrected chi connectivity index (χ0v) is 18.5. The van der Waals surface area contributed by atoms with E-state index in [1.165, 1.54) is 7.11 Å². The van der Waals surface area contributed by atoms with Gasteiger partial charge in [0.15, 0.2) is 0 Å². The number of amides is 5. The van der Waals surface area contributed by atoms with Crippen molar-refractivity contribution in [3.8, 4) is 5.75 Å². The molecule has 2 aromatic carbocycles. The van der Waals surface area contributed by atoms with E-state index in [1.807, 2.05) is 24.3 Å². The van der Waals surface area contributed by atoms with Crippen molar-refractivity contribution in [2.24, 2.45) is 0 Å². The Bertz CT molecular complexity index is 1080. The third kappa shape index (κ3) is 4.39. The van der Waals surface area contributed by atoms with Gasteiger partial charge in [0.25, 0.3) is 5.91 Å². The Kier molecular flexibility index (Phi) is 6.30. The number of carbonyl (C=O) groups is 4. The minimum absolute atomic E-state index is 0.0306. The molecule has 2 aromatic rings. The number of carbonyl (C=O) groups excluding carboxylic acids is 4. The standard InChI is InChI=1S/C24H26N4O5/c1-25-22(30)20-13-15-5-3-4-6-16(15)14-27(20)21(29)12-11-19-23(31)28(24(32)26-19)17-7-9-18(33-2)10-8-17/h3-10,19-20H,11-14H2,1-2H3,(H,25,30)(H,26,32). The minimum atomic E-state index is -0.806. The molecule has 33 heavy (non-hydrogen) atoms. The fourth-order valence-corrected chi connectivity index (χ4v) is 4.30. The number of benzene rings is 2. The van der Waals surface area contributed by atoms with Crippen LogP contribution in [0.1, 0.15) is 24.0 Å². The first-order chi connectivity index (χ1) is 15.9. The van der Waals surface area contributed by atoms with Gasteiger partial charge in [0.1, 0.15) is 17.8 Å². The first-order valence-electron chi connectivity index (χ1n) is 10.8. The molecule has 2 aliphatic heterocycles. The molecular weight excluding hydrogens is 424 g/mol. The van der Waals surface area contributed by atoms with E-state index in [0.717, 1.165) is 16.0 Å². The molecule has 2 aliphatic rings. The third-order valence-corrected chi connectivity index (χ3v) is 6.11. The SMILES string of the molecule is CNC(=O)C1Cc2ccccc2CN1C(=O)CCC1NC(=O)N(c2ccc(OC)cc2)C1=O. The number of rotatable bonds is 6. The molecule has 2 N–H and O–H groups in total. The normalized spacial score (nSPS) is 19.7. The highest BCUT2D eigenvalue weighted by molar-refractivity contribution is 6.21. The van der Waals surface area contributed by atoms with E-state index in [4.69, 9.17) is 4.74 Å². The van der Waals surface area contributed by atoms with E-state index in [1.54, 1.807) is 36.2 Å². The van der Waals surface area contributed by atoms with Crippen molar-refractivity contribution >= 4 is 29.4 Å². The van der Waals surface area contributed by atoms with Crippen LogP contribution in [0.15, 0.2) is 48.5 Å². The average molecular weight is 450 g/mol. The fraction of sp³-hybridized carbons (Fsp3) is 0.333. The van der Waals surface area contributed by atoms with Gasteiger partial charge in [0.05, 0.1) is 12.8 Å². The van der Waals surface area contributed by atoms with Crippen LogP contribution >= 0.6 is 0 Å². The van der Waals surface area contributed by atoms with Crippen LogP contribution in [0.4, 0.5) is 10.5 Å². The summed E-state index contributed by atoms with van der Waals surface area (Å²) in [5, 5.41) is 5.29. The predicted molar refractivity (Wildman–Crippen MR) is 121 cm³/mol. The quantitative estimate of drug-likeness (QED) is 0.650. The van der Waals surface area contributed by atoms with Gasteiger partial charge >= 0.3 is 6.03 Å². The molecule has 2 heterocycles. The molecule has 9 nitrogen and oxygen atoms in total. The molecule has 0 spiro atoms. The van der Waals surface area contributed by atoms with Gasteiger partial charge in [0.2, 0.25) is 11.8 Å². The Morgan fingerprint density at radius 2 is 1.79 bits per heavy atom. The van der Waals surface area contributed by atoms with Crippen molar-refractivity contribution in [2.75, 3.05) is 19.1 Å². The maximum atomic E-state index is 13.1. The van der Waals surface area contributed by atoms with Crippen LogP contribution < -0.4 is 20.3 Å². The minimum Gasteiger partial charge on any atom is -0.497 e. The Balaban J connectivity index is 1.43. The Labute approximate surface area is 191 Å². The van der Waals surface area contributed by atoms with Crippen LogP contribution in [-0.4, -0.2) is 54.9 Å². The monoisotopic (exact) mass is 450 g/mol. The largest absolute Gasteiger partial charge is 0.497 e. The van der Waals surface area contributed by atoms with E-state index >= 15 is 0 Å². The van der Waals surface area contributed by atoms with E-state index in [9.17, 15) is 19.2 Å². The molecule has 172 valence electrons. The number of imide groups is 1. The lowest BCUT2D eigenvalue weighted by Gasteiger charge is -2.36. The molecule has 4 rings (SSSR count). The summed E-state index contributed by atoms with van der Waals surface area (Å²) in [6, 6.07) is 12.4. The molecule has 0 bridgehead atoms. The summed E-state index contributed by atoms with van der Waals surface area (Å²) in [6.45, 7) is 0.329. The number of fused-ring (bicyclic) bond motifs is 1. The van der Waals surface area contributed by atoms with Gasteiger partial charge in [-0.2, -0.15) is 0 Å². The predicted octanol–water partition coefficient (Wildman–Crippen LogP) is 1.60. The van der Waals surface area contributed by atoms with Crippen LogP contribution in [0.25, 0.3) is 0 Å². The van der Waals surface area contributed by atoms with Crippen LogP contribution in [0.3, 0.4) is 0 Å². The van der Waals surface area contributed by atoms with Gasteiger partial charge < -0.3 is 20.3 Å². The number of urea groups is 1. The summed E-state index contributed by atoms with van der Waals surface area (Å²) in [5.74, 6) is -0.261. The number of likely N-dealkylation sites (N-methyl/N-ethyl adjacent to an activating group) is 1. The van der Waals surface area contributed by atoms with Gasteiger partial charge in [-0.1, -0.05) is 24.3 Å². The summed E-state index contributed by atoms with van der Waals surface area (Å²) in [4.78, 5) is 53.5. The van der Waals surface area contributed by atoms with Crippen LogP contribution in [0.5, 0.6) is 5.75 Å². The molecule has 2 unspecified atom stereocenters. The van der Waals surface area contributed by atoms with E-state index in [0.29, 0.717) is 24.4 Å². The summed E-state index contributed by atoms with van der Waals surface area (Å²) < 4.78 is 5.11. The van der Waals surface area contributed by atoms with Crippen molar-refractivity contribution < 1.29 is 23.9 Å². The summed E-state index contributed by atoms with van der Waals surface area (Å²) in [6.07, 6.45) is 0.614. The molecule has 5 amide bonds. The number of hydrogen-bond donors (Lipinski definition) is 2. The molecule has 0 radical (unpaired) electrons. The van der Waals surface area contributed by atoms with E-state index < -0.39 is 24.0 Å². The lowest BCUT2D eigenvalue weighted by atomic mass is 9.93. The molecule has 1 saturated heterocycles. The van der Waals surface area contributed by atoms with E-state index in [-0.39, 0.29) is 24.7 Å². The topological polar surface area (TPSA) is 108 Å². The highest BCUT2D eigenvalue weighted by Gasteiger charge is 2.40. The number of nitrogens with one attached hydrogen (secondary N) is 2. The highest BCUT2D eigenvalue weighted by Crippen LogP contribution is 2.26. The smallest absolute Gasteiger partial charge is 0.329 e. The zero-order chi connectivity index (χ0) is 23.5. The lowest BCUT2D eigenvalue weighted by molar-refractivity contribution is -0.141. The summed E-state index contributed by atoms with van der Waals surface area (Å²) >= 11 is 0. The Hall–Kier alpha value is -3.88. The van der Waals surface area contributed by atoms with Gasteiger partial charge in [-0.25, -0.2) is 9.69 Å². The second kappa shape index (κ2) is 9.32. The molecule has 9 heteroatoms. The van der Waals surface area contributed by atoms with E-state index in [2.05, 4.69) is 10.6 Å². The van der Waals surface area contributed by atoms with Crippen LogP contribution in [0, 0.1) is 0 Å². The van der Waals surface area contributed by atoms with Crippen molar-refractivity contribution in [3.63, 3.8) is 0 Å². The summed E-state index contributed by atoms with van der Waals surface area (Å²) in [5.41, 5.74) is 2.48. The summed E-state index contributed by atoms with van der Waals surface area (Å²) in [7, 11) is 3.08. The maximum Gasteiger partial charge on any atom is 0.329 e. The number of nitrogens with zero attached hydrogens (tertiary/aromatic N) is 2.